The highest BCUT2D eigenvalue weighted by atomic mass is 35.5. The van der Waals surface area contributed by atoms with Crippen LogP contribution in [0.3, 0.4) is 0 Å². The van der Waals surface area contributed by atoms with Crippen molar-refractivity contribution in [3.8, 4) is 6.07 Å². The molecule has 0 aliphatic heterocycles. The van der Waals surface area contributed by atoms with E-state index in [0.717, 1.165) is 16.9 Å². The number of nitrogens with zero attached hydrogens (tertiary/aromatic N) is 3. The van der Waals surface area contributed by atoms with Crippen LogP contribution in [0, 0.1) is 11.3 Å². The van der Waals surface area contributed by atoms with Crippen molar-refractivity contribution in [2.75, 3.05) is 0 Å². The third-order valence-electron chi connectivity index (χ3n) is 3.33. The minimum absolute atomic E-state index is 0.292. The Kier molecular flexibility index (Phi) is 3.83. The van der Waals surface area contributed by atoms with Gasteiger partial charge < -0.3 is 4.57 Å². The molecule has 0 aliphatic carbocycles. The molecule has 3 aromatic rings. The molecule has 0 saturated heterocycles. The first-order chi connectivity index (χ1) is 10.2. The summed E-state index contributed by atoms with van der Waals surface area (Å²) in [5.41, 5.74) is 3.22. The van der Waals surface area contributed by atoms with Gasteiger partial charge in [-0.2, -0.15) is 5.26 Å². The van der Waals surface area contributed by atoms with E-state index in [1.165, 1.54) is 0 Å². The van der Waals surface area contributed by atoms with Crippen LogP contribution in [0.4, 0.5) is 0 Å². The summed E-state index contributed by atoms with van der Waals surface area (Å²) in [4.78, 5) is 4.50. The van der Waals surface area contributed by atoms with Crippen LogP contribution in [0.1, 0.15) is 17.0 Å². The van der Waals surface area contributed by atoms with Gasteiger partial charge >= 0.3 is 0 Å². The molecule has 1 heterocycles. The summed E-state index contributed by atoms with van der Waals surface area (Å²) < 4.78 is 2.02. The molecule has 3 nitrogen and oxygen atoms in total. The number of hydrogen-bond acceptors (Lipinski definition) is 2. The first-order valence-corrected chi connectivity index (χ1v) is 7.33. The predicted molar refractivity (Wildman–Crippen MR) is 84.6 cm³/mol. The second-order valence-corrected chi connectivity index (χ2v) is 5.37. The molecule has 0 amide bonds. The highest BCUT2D eigenvalue weighted by molar-refractivity contribution is 6.30. The second-order valence-electron chi connectivity index (χ2n) is 4.66. The van der Waals surface area contributed by atoms with Gasteiger partial charge in [0.2, 0.25) is 0 Å². The summed E-state index contributed by atoms with van der Waals surface area (Å²) in [5, 5.41) is 9.88. The molecule has 0 saturated carbocycles. The molecule has 0 radical (unpaired) electrons. The minimum Gasteiger partial charge on any atom is -0.322 e. The Morgan fingerprint density at radius 1 is 1.19 bits per heavy atom. The Hall–Kier alpha value is -2.02. The molecule has 21 heavy (non-hydrogen) atoms. The van der Waals surface area contributed by atoms with Crippen molar-refractivity contribution in [1.82, 2.24) is 9.55 Å². The molecule has 5 heteroatoms. The molecular weight excluding hydrogens is 305 g/mol. The van der Waals surface area contributed by atoms with E-state index in [-0.39, 0.29) is 0 Å². The van der Waals surface area contributed by atoms with Crippen molar-refractivity contribution in [2.45, 2.75) is 12.4 Å². The number of aromatic nitrogens is 2. The Bertz CT molecular complexity index is 846. The predicted octanol–water partition coefficient (Wildman–Crippen LogP) is 4.35. The molecule has 0 unspecified atom stereocenters. The fourth-order valence-corrected chi connectivity index (χ4v) is 2.80. The van der Waals surface area contributed by atoms with Crippen LogP contribution in [-0.2, 0) is 12.4 Å². The summed E-state index contributed by atoms with van der Waals surface area (Å²) >= 11 is 12.0. The number of rotatable bonds is 3. The highest BCUT2D eigenvalue weighted by Crippen LogP contribution is 2.23. The maximum Gasteiger partial charge on any atom is 0.125 e. The third kappa shape index (κ3) is 2.61. The zero-order valence-electron chi connectivity index (χ0n) is 11.1. The van der Waals surface area contributed by atoms with Gasteiger partial charge in [0.15, 0.2) is 0 Å². The number of benzene rings is 2. The number of halogens is 2. The molecule has 104 valence electrons. The first kappa shape index (κ1) is 13.9. The highest BCUT2D eigenvalue weighted by Gasteiger charge is 2.13. The Labute approximate surface area is 132 Å². The number of fused-ring (bicyclic) bond motifs is 1. The Morgan fingerprint density at radius 2 is 2.00 bits per heavy atom. The van der Waals surface area contributed by atoms with E-state index in [0.29, 0.717) is 28.5 Å². The fourth-order valence-electron chi connectivity index (χ4n) is 2.38. The van der Waals surface area contributed by atoms with Crippen LogP contribution in [0.2, 0.25) is 5.02 Å². The van der Waals surface area contributed by atoms with Crippen LogP contribution in [-0.4, -0.2) is 9.55 Å². The summed E-state index contributed by atoms with van der Waals surface area (Å²) in [6.45, 7) is 0.619. The topological polar surface area (TPSA) is 41.6 Å². The molecule has 2 aromatic carbocycles. The van der Waals surface area contributed by atoms with Gasteiger partial charge in [-0.15, -0.1) is 11.6 Å². The monoisotopic (exact) mass is 315 g/mol. The molecule has 0 aliphatic rings. The Balaban J connectivity index is 2.15. The average Bonchev–Trinajstić information content (AvgIpc) is 2.85. The summed E-state index contributed by atoms with van der Waals surface area (Å²) in [5.74, 6) is 1.04. The van der Waals surface area contributed by atoms with Crippen molar-refractivity contribution >= 4 is 34.2 Å². The lowest BCUT2D eigenvalue weighted by atomic mass is 10.2. The lowest BCUT2D eigenvalue weighted by Crippen LogP contribution is -2.03. The van der Waals surface area contributed by atoms with Crippen LogP contribution in [0.25, 0.3) is 11.0 Å². The number of imidazole rings is 1. The van der Waals surface area contributed by atoms with Crippen LogP contribution >= 0.6 is 23.2 Å². The van der Waals surface area contributed by atoms with E-state index in [2.05, 4.69) is 11.1 Å². The van der Waals surface area contributed by atoms with Crippen LogP contribution in [0.5, 0.6) is 0 Å². The zero-order valence-corrected chi connectivity index (χ0v) is 12.6. The normalized spacial score (nSPS) is 10.7. The van der Waals surface area contributed by atoms with Gasteiger partial charge in [-0.25, -0.2) is 4.98 Å². The maximum absolute atomic E-state index is 9.18. The van der Waals surface area contributed by atoms with Crippen molar-refractivity contribution in [3.63, 3.8) is 0 Å². The molecule has 0 spiro atoms. The van der Waals surface area contributed by atoms with Crippen molar-refractivity contribution in [2.24, 2.45) is 0 Å². The average molecular weight is 316 g/mol. The van der Waals surface area contributed by atoms with E-state index in [4.69, 9.17) is 23.2 Å². The Morgan fingerprint density at radius 3 is 2.71 bits per heavy atom. The van der Waals surface area contributed by atoms with Gasteiger partial charge in [0.05, 0.1) is 17.0 Å². The number of alkyl halides is 1. The van der Waals surface area contributed by atoms with E-state index in [1.54, 1.807) is 6.07 Å². The van der Waals surface area contributed by atoms with Crippen molar-refractivity contribution < 1.29 is 0 Å². The van der Waals surface area contributed by atoms with Gasteiger partial charge in [0.1, 0.15) is 17.4 Å². The summed E-state index contributed by atoms with van der Waals surface area (Å²) in [6, 6.07) is 15.4. The van der Waals surface area contributed by atoms with Crippen molar-refractivity contribution in [3.05, 3.63) is 64.4 Å². The van der Waals surface area contributed by atoms with E-state index in [1.807, 2.05) is 41.0 Å². The molecule has 0 bridgehead atoms. The third-order valence-corrected chi connectivity index (χ3v) is 3.80. The number of hydrogen-bond donors (Lipinski definition) is 0. The number of para-hydroxylation sites is 1. The van der Waals surface area contributed by atoms with E-state index >= 15 is 0 Å². The van der Waals surface area contributed by atoms with E-state index in [9.17, 15) is 5.26 Å². The van der Waals surface area contributed by atoms with Crippen LogP contribution in [0.15, 0.2) is 42.5 Å². The van der Waals surface area contributed by atoms with Crippen LogP contribution < -0.4 is 0 Å². The minimum atomic E-state index is 0.292. The smallest absolute Gasteiger partial charge is 0.125 e. The van der Waals surface area contributed by atoms with Gasteiger partial charge in [-0.1, -0.05) is 29.8 Å². The second kappa shape index (κ2) is 5.77. The van der Waals surface area contributed by atoms with E-state index < -0.39 is 0 Å². The lowest BCUT2D eigenvalue weighted by Gasteiger charge is -2.08. The first-order valence-electron chi connectivity index (χ1n) is 6.41. The number of nitriles is 1. The lowest BCUT2D eigenvalue weighted by molar-refractivity contribution is 0.779. The van der Waals surface area contributed by atoms with Gasteiger partial charge in [-0.3, -0.25) is 0 Å². The molecule has 0 N–H and O–H groups in total. The molecule has 3 rings (SSSR count). The molecule has 0 fully saturated rings. The molecular formula is C16H11Cl2N3. The quantitative estimate of drug-likeness (QED) is 0.674. The molecule has 0 atom stereocenters. The van der Waals surface area contributed by atoms with Gasteiger partial charge in [0.25, 0.3) is 0 Å². The SMILES string of the molecule is N#Cc1cccc2c1nc(CCl)n2Cc1cccc(Cl)c1. The fraction of sp³-hybridized carbons (Fsp3) is 0.125. The van der Waals surface area contributed by atoms with Gasteiger partial charge in [-0.05, 0) is 29.8 Å². The standard InChI is InChI=1S/C16H11Cl2N3/c17-8-15-20-16-12(9-19)4-2-6-14(16)21(15)10-11-3-1-5-13(18)7-11/h1-7H,8,10H2. The van der Waals surface area contributed by atoms with Gasteiger partial charge in [0, 0.05) is 11.6 Å². The summed E-state index contributed by atoms with van der Waals surface area (Å²) in [7, 11) is 0. The zero-order chi connectivity index (χ0) is 14.8. The maximum atomic E-state index is 9.18. The summed E-state index contributed by atoms with van der Waals surface area (Å²) in [6.07, 6.45) is 0. The van der Waals surface area contributed by atoms with Crippen molar-refractivity contribution in [1.29, 1.82) is 5.26 Å². The molecule has 1 aromatic heterocycles. The largest absolute Gasteiger partial charge is 0.322 e.